The van der Waals surface area contributed by atoms with Crippen LogP contribution in [0.15, 0.2) is 0 Å². The summed E-state index contributed by atoms with van der Waals surface area (Å²) in [6.45, 7) is 5.56. The van der Waals surface area contributed by atoms with Gasteiger partial charge in [-0.3, -0.25) is 4.79 Å². The highest BCUT2D eigenvalue weighted by Crippen LogP contribution is 2.40. The SMILES string of the molecule is C[C@H](CCC(=O)N(C)CC1(CO)CCC1)N1CCCC1. The third-order valence-electron chi connectivity index (χ3n) is 5.29. The second-order valence-corrected chi connectivity index (χ2v) is 6.89. The number of rotatable bonds is 7. The van der Waals surface area contributed by atoms with E-state index < -0.39 is 0 Å². The van der Waals surface area contributed by atoms with E-state index in [1.807, 2.05) is 11.9 Å². The molecule has 1 amide bonds. The monoisotopic (exact) mass is 282 g/mol. The Morgan fingerprint density at radius 1 is 1.30 bits per heavy atom. The molecule has 0 spiro atoms. The van der Waals surface area contributed by atoms with Crippen LogP contribution >= 0.6 is 0 Å². The molecule has 4 heteroatoms. The maximum atomic E-state index is 12.2. The molecule has 1 aliphatic carbocycles. The Bertz CT molecular complexity index is 317. The molecule has 2 rings (SSSR count). The van der Waals surface area contributed by atoms with Crippen molar-refractivity contribution in [3.63, 3.8) is 0 Å². The lowest BCUT2D eigenvalue weighted by atomic mass is 9.69. The number of carbonyl (C=O) groups excluding carboxylic acids is 1. The van der Waals surface area contributed by atoms with Crippen molar-refractivity contribution < 1.29 is 9.90 Å². The van der Waals surface area contributed by atoms with Crippen LogP contribution in [0.2, 0.25) is 0 Å². The molecule has 2 aliphatic rings. The third kappa shape index (κ3) is 3.73. The number of likely N-dealkylation sites (tertiary alicyclic amines) is 1. The normalized spacial score (nSPS) is 23.4. The molecule has 116 valence electrons. The van der Waals surface area contributed by atoms with Crippen molar-refractivity contribution in [2.45, 2.75) is 57.9 Å². The Balaban J connectivity index is 1.70. The van der Waals surface area contributed by atoms with Gasteiger partial charge in [0.1, 0.15) is 0 Å². The van der Waals surface area contributed by atoms with Crippen LogP contribution in [0, 0.1) is 5.41 Å². The quantitative estimate of drug-likeness (QED) is 0.775. The Kier molecular flexibility index (Phi) is 5.44. The van der Waals surface area contributed by atoms with E-state index in [1.165, 1.54) is 32.4 Å². The van der Waals surface area contributed by atoms with Crippen molar-refractivity contribution in [1.82, 2.24) is 9.80 Å². The van der Waals surface area contributed by atoms with E-state index in [0.29, 0.717) is 12.5 Å². The molecule has 4 nitrogen and oxygen atoms in total. The van der Waals surface area contributed by atoms with Crippen LogP contribution in [0.5, 0.6) is 0 Å². The van der Waals surface area contributed by atoms with Crippen LogP contribution in [-0.4, -0.2) is 60.1 Å². The summed E-state index contributed by atoms with van der Waals surface area (Å²) in [5.74, 6) is 0.232. The van der Waals surface area contributed by atoms with Gasteiger partial charge in [0.25, 0.3) is 0 Å². The summed E-state index contributed by atoms with van der Waals surface area (Å²) >= 11 is 0. The van der Waals surface area contributed by atoms with Gasteiger partial charge < -0.3 is 14.9 Å². The molecule has 1 saturated heterocycles. The van der Waals surface area contributed by atoms with Gasteiger partial charge in [-0.2, -0.15) is 0 Å². The predicted molar refractivity (Wildman–Crippen MR) is 80.5 cm³/mol. The zero-order valence-corrected chi connectivity index (χ0v) is 13.1. The number of aliphatic hydroxyl groups is 1. The van der Waals surface area contributed by atoms with E-state index in [9.17, 15) is 9.90 Å². The molecular formula is C16H30N2O2. The van der Waals surface area contributed by atoms with Crippen LogP contribution in [0.1, 0.15) is 51.9 Å². The van der Waals surface area contributed by atoms with Crippen LogP contribution in [-0.2, 0) is 4.79 Å². The number of aliphatic hydroxyl groups excluding tert-OH is 1. The van der Waals surface area contributed by atoms with E-state index in [-0.39, 0.29) is 17.9 Å². The molecule has 1 saturated carbocycles. The average molecular weight is 282 g/mol. The molecule has 0 radical (unpaired) electrons. The van der Waals surface area contributed by atoms with Gasteiger partial charge in [-0.25, -0.2) is 0 Å². The molecule has 0 aromatic heterocycles. The average Bonchev–Trinajstić information content (AvgIpc) is 2.93. The fourth-order valence-corrected chi connectivity index (χ4v) is 3.52. The molecule has 0 bridgehead atoms. The lowest BCUT2D eigenvalue weighted by molar-refractivity contribution is -0.133. The van der Waals surface area contributed by atoms with Crippen molar-refractivity contribution >= 4 is 5.91 Å². The molecule has 0 unspecified atom stereocenters. The van der Waals surface area contributed by atoms with Gasteiger partial charge in [0, 0.05) is 31.5 Å². The van der Waals surface area contributed by atoms with Gasteiger partial charge in [0.2, 0.25) is 5.91 Å². The Morgan fingerprint density at radius 2 is 1.95 bits per heavy atom. The van der Waals surface area contributed by atoms with Gasteiger partial charge >= 0.3 is 0 Å². The lowest BCUT2D eigenvalue weighted by Gasteiger charge is -2.43. The summed E-state index contributed by atoms with van der Waals surface area (Å²) in [6, 6.07) is 0.519. The number of hydrogen-bond donors (Lipinski definition) is 1. The van der Waals surface area contributed by atoms with Gasteiger partial charge in [0.05, 0.1) is 6.61 Å². The first-order valence-electron chi connectivity index (χ1n) is 8.15. The summed E-state index contributed by atoms with van der Waals surface area (Å²) in [5.41, 5.74) is 0.00494. The predicted octanol–water partition coefficient (Wildman–Crippen LogP) is 1.87. The second-order valence-electron chi connectivity index (χ2n) is 6.89. The van der Waals surface area contributed by atoms with Crippen molar-refractivity contribution in [2.24, 2.45) is 5.41 Å². The van der Waals surface area contributed by atoms with E-state index >= 15 is 0 Å². The van der Waals surface area contributed by atoms with Gasteiger partial charge in [-0.15, -0.1) is 0 Å². The number of amides is 1. The van der Waals surface area contributed by atoms with E-state index in [0.717, 1.165) is 25.8 Å². The molecule has 1 atom stereocenters. The van der Waals surface area contributed by atoms with Crippen molar-refractivity contribution in [1.29, 1.82) is 0 Å². The molecule has 20 heavy (non-hydrogen) atoms. The number of hydrogen-bond acceptors (Lipinski definition) is 3. The first-order valence-corrected chi connectivity index (χ1v) is 8.15. The number of carbonyl (C=O) groups is 1. The maximum Gasteiger partial charge on any atom is 0.222 e. The maximum absolute atomic E-state index is 12.2. The molecule has 0 aromatic rings. The number of nitrogens with zero attached hydrogens (tertiary/aromatic N) is 2. The van der Waals surface area contributed by atoms with Crippen LogP contribution in [0.3, 0.4) is 0 Å². The zero-order chi connectivity index (χ0) is 14.6. The second kappa shape index (κ2) is 6.90. The van der Waals surface area contributed by atoms with Crippen molar-refractivity contribution in [3.05, 3.63) is 0 Å². The zero-order valence-electron chi connectivity index (χ0n) is 13.1. The molecule has 1 aliphatic heterocycles. The van der Waals surface area contributed by atoms with Gasteiger partial charge in [0.15, 0.2) is 0 Å². The highest BCUT2D eigenvalue weighted by Gasteiger charge is 2.38. The largest absolute Gasteiger partial charge is 0.396 e. The lowest BCUT2D eigenvalue weighted by Crippen LogP contribution is -2.45. The van der Waals surface area contributed by atoms with Crippen molar-refractivity contribution in [2.75, 3.05) is 33.3 Å². The summed E-state index contributed by atoms with van der Waals surface area (Å²) in [7, 11) is 1.89. The van der Waals surface area contributed by atoms with E-state index in [1.54, 1.807) is 0 Å². The minimum atomic E-state index is 0.00494. The summed E-state index contributed by atoms with van der Waals surface area (Å²) in [4.78, 5) is 16.6. The highest BCUT2D eigenvalue weighted by atomic mass is 16.3. The highest BCUT2D eigenvalue weighted by molar-refractivity contribution is 5.75. The molecule has 1 heterocycles. The molecular weight excluding hydrogens is 252 g/mol. The van der Waals surface area contributed by atoms with E-state index in [2.05, 4.69) is 11.8 Å². The Hall–Kier alpha value is -0.610. The first kappa shape index (κ1) is 15.8. The Labute approximate surface area is 123 Å². The molecule has 1 N–H and O–H groups in total. The first-order chi connectivity index (χ1) is 9.56. The fourth-order valence-electron chi connectivity index (χ4n) is 3.52. The smallest absolute Gasteiger partial charge is 0.222 e. The van der Waals surface area contributed by atoms with Gasteiger partial charge in [-0.05, 0) is 52.1 Å². The van der Waals surface area contributed by atoms with E-state index in [4.69, 9.17) is 0 Å². The van der Waals surface area contributed by atoms with Crippen molar-refractivity contribution in [3.8, 4) is 0 Å². The summed E-state index contributed by atoms with van der Waals surface area (Å²) < 4.78 is 0. The Morgan fingerprint density at radius 3 is 2.45 bits per heavy atom. The fraction of sp³-hybridized carbons (Fsp3) is 0.938. The molecule has 0 aromatic carbocycles. The van der Waals surface area contributed by atoms with Crippen LogP contribution in [0.4, 0.5) is 0 Å². The summed E-state index contributed by atoms with van der Waals surface area (Å²) in [5, 5.41) is 9.48. The third-order valence-corrected chi connectivity index (χ3v) is 5.29. The molecule has 2 fully saturated rings. The summed E-state index contributed by atoms with van der Waals surface area (Å²) in [6.07, 6.45) is 7.50. The van der Waals surface area contributed by atoms with Crippen LogP contribution < -0.4 is 0 Å². The van der Waals surface area contributed by atoms with Gasteiger partial charge in [-0.1, -0.05) is 6.42 Å². The minimum Gasteiger partial charge on any atom is -0.396 e. The minimum absolute atomic E-state index is 0.00494. The standard InChI is InChI=1S/C16H30N2O2/c1-14(18-10-3-4-11-18)6-7-15(20)17(2)12-16(13-19)8-5-9-16/h14,19H,3-13H2,1-2H3/t14-/m1/s1. The topological polar surface area (TPSA) is 43.8 Å². The van der Waals surface area contributed by atoms with Crippen LogP contribution in [0.25, 0.3) is 0 Å².